The number of piperidine rings is 1. The van der Waals surface area contributed by atoms with E-state index in [-0.39, 0.29) is 18.0 Å². The van der Waals surface area contributed by atoms with Crippen molar-refractivity contribution in [3.63, 3.8) is 0 Å². The molecule has 1 saturated heterocycles. The summed E-state index contributed by atoms with van der Waals surface area (Å²) in [5, 5.41) is 16.5. The maximum Gasteiger partial charge on any atom is 0.405 e. The van der Waals surface area contributed by atoms with Gasteiger partial charge < -0.3 is 26.0 Å². The van der Waals surface area contributed by atoms with Gasteiger partial charge >= 0.3 is 6.09 Å². The summed E-state index contributed by atoms with van der Waals surface area (Å²) in [6.45, 7) is 5.80. The standard InChI is InChI=1S/C24H36F2N4O6/c1-23(2,3)18(29-22(35)36)21(34)30-14-8-5-12(11-14)16(30)19(32)28-15(9-10-24(4,25)26)17(31)20(33)27-13-6-7-13/h12-16,18,29H,5-11H2,1-4H3,(H,27,33)(H,28,32)(H,35,36)/t12-,14+,15?,16?,18?/m0/s1. The topological polar surface area (TPSA) is 145 Å². The van der Waals surface area contributed by atoms with Crippen molar-refractivity contribution in [3.8, 4) is 0 Å². The van der Waals surface area contributed by atoms with Crippen LogP contribution in [-0.2, 0) is 19.2 Å². The van der Waals surface area contributed by atoms with Gasteiger partial charge in [0.25, 0.3) is 5.91 Å². The molecule has 0 aromatic heterocycles. The highest BCUT2D eigenvalue weighted by Crippen LogP contribution is 2.43. The second-order valence-electron chi connectivity index (χ2n) is 11.4. The van der Waals surface area contributed by atoms with Crippen LogP contribution in [0.3, 0.4) is 0 Å². The number of amides is 4. The molecule has 3 rings (SSSR count). The summed E-state index contributed by atoms with van der Waals surface area (Å²) >= 11 is 0. The van der Waals surface area contributed by atoms with Crippen molar-refractivity contribution >= 4 is 29.6 Å². The Hall–Kier alpha value is -2.79. The molecular weight excluding hydrogens is 478 g/mol. The number of carbonyl (C=O) groups is 5. The monoisotopic (exact) mass is 514 g/mol. The van der Waals surface area contributed by atoms with Crippen LogP contribution in [-0.4, -0.2) is 75.7 Å². The second kappa shape index (κ2) is 10.3. The SMILES string of the molecule is CC(F)(F)CCC(NC(=O)C1[C@H]2CC[C@H](C2)N1C(=O)C(NC(=O)O)C(C)(C)C)C(=O)C(=O)NC1CC1. The lowest BCUT2D eigenvalue weighted by atomic mass is 9.85. The number of nitrogens with one attached hydrogen (secondary N) is 3. The van der Waals surface area contributed by atoms with Gasteiger partial charge in [-0.05, 0) is 56.8 Å². The van der Waals surface area contributed by atoms with Gasteiger partial charge in [-0.25, -0.2) is 13.6 Å². The minimum absolute atomic E-state index is 0.125. The fourth-order valence-electron chi connectivity index (χ4n) is 5.13. The third-order valence-electron chi connectivity index (χ3n) is 7.13. The molecule has 2 bridgehead atoms. The fourth-order valence-corrected chi connectivity index (χ4v) is 5.13. The number of rotatable bonds is 10. The Morgan fingerprint density at radius 1 is 1.00 bits per heavy atom. The molecule has 0 radical (unpaired) electrons. The van der Waals surface area contributed by atoms with Crippen LogP contribution in [0.15, 0.2) is 0 Å². The van der Waals surface area contributed by atoms with Gasteiger partial charge in [0.05, 0.1) is 6.04 Å². The van der Waals surface area contributed by atoms with E-state index >= 15 is 0 Å². The van der Waals surface area contributed by atoms with Crippen LogP contribution < -0.4 is 16.0 Å². The average Bonchev–Trinajstić information content (AvgIpc) is 3.32. The zero-order chi connectivity index (χ0) is 27.0. The molecule has 3 unspecified atom stereocenters. The van der Waals surface area contributed by atoms with Crippen LogP contribution in [0.4, 0.5) is 13.6 Å². The Balaban J connectivity index is 1.81. The zero-order valence-electron chi connectivity index (χ0n) is 21.1. The Kier molecular flexibility index (Phi) is 7.95. The molecule has 202 valence electrons. The lowest BCUT2D eigenvalue weighted by Gasteiger charge is -2.40. The van der Waals surface area contributed by atoms with Gasteiger partial charge in [-0.3, -0.25) is 19.2 Å². The number of hydrogen-bond donors (Lipinski definition) is 4. The number of nitrogens with zero attached hydrogens (tertiary/aromatic N) is 1. The Morgan fingerprint density at radius 3 is 2.17 bits per heavy atom. The first-order valence-corrected chi connectivity index (χ1v) is 12.4. The predicted octanol–water partition coefficient (Wildman–Crippen LogP) is 1.82. The van der Waals surface area contributed by atoms with Gasteiger partial charge in [0.15, 0.2) is 0 Å². The van der Waals surface area contributed by atoms with Gasteiger partial charge in [-0.2, -0.15) is 0 Å². The smallest absolute Gasteiger partial charge is 0.405 e. The number of fused-ring (bicyclic) bond motifs is 2. The summed E-state index contributed by atoms with van der Waals surface area (Å²) in [6, 6.07) is -3.97. The highest BCUT2D eigenvalue weighted by molar-refractivity contribution is 6.38. The van der Waals surface area contributed by atoms with E-state index in [1.54, 1.807) is 20.8 Å². The first kappa shape index (κ1) is 27.8. The maximum absolute atomic E-state index is 13.6. The van der Waals surface area contributed by atoms with Crippen LogP contribution in [0.25, 0.3) is 0 Å². The molecule has 4 N–H and O–H groups in total. The minimum atomic E-state index is -3.10. The highest BCUT2D eigenvalue weighted by Gasteiger charge is 2.54. The van der Waals surface area contributed by atoms with E-state index in [2.05, 4.69) is 16.0 Å². The molecule has 1 heterocycles. The molecule has 5 atom stereocenters. The van der Waals surface area contributed by atoms with E-state index < -0.39 is 71.9 Å². The lowest BCUT2D eigenvalue weighted by molar-refractivity contribution is -0.147. The number of alkyl halides is 2. The molecule has 2 aliphatic carbocycles. The normalized spacial score (nSPS) is 25.2. The molecule has 0 spiro atoms. The number of carbonyl (C=O) groups excluding carboxylic acids is 4. The Bertz CT molecular complexity index is 911. The molecule has 2 saturated carbocycles. The number of hydrogen-bond acceptors (Lipinski definition) is 5. The fraction of sp³-hybridized carbons (Fsp3) is 0.792. The van der Waals surface area contributed by atoms with E-state index in [0.29, 0.717) is 26.2 Å². The van der Waals surface area contributed by atoms with Crippen molar-refractivity contribution in [2.24, 2.45) is 11.3 Å². The molecule has 0 aromatic rings. The van der Waals surface area contributed by atoms with E-state index in [1.165, 1.54) is 4.90 Å². The summed E-state index contributed by atoms with van der Waals surface area (Å²) < 4.78 is 27.1. The van der Waals surface area contributed by atoms with Crippen molar-refractivity contribution in [2.75, 3.05) is 0 Å². The van der Waals surface area contributed by atoms with Gasteiger partial charge in [0, 0.05) is 18.5 Å². The van der Waals surface area contributed by atoms with Crippen molar-refractivity contribution in [1.29, 1.82) is 0 Å². The molecule has 10 nitrogen and oxygen atoms in total. The van der Waals surface area contributed by atoms with E-state index in [0.717, 1.165) is 12.8 Å². The van der Waals surface area contributed by atoms with Gasteiger partial charge in [0.1, 0.15) is 12.1 Å². The lowest BCUT2D eigenvalue weighted by Crippen LogP contribution is -2.62. The zero-order valence-corrected chi connectivity index (χ0v) is 21.1. The summed E-state index contributed by atoms with van der Waals surface area (Å²) in [5.41, 5.74) is -0.787. The van der Waals surface area contributed by atoms with Gasteiger partial charge in [0.2, 0.25) is 23.5 Å². The first-order chi connectivity index (χ1) is 16.6. The number of Topliss-reactive ketones (excluding diaryl/α,β-unsaturated/α-hetero) is 1. The highest BCUT2D eigenvalue weighted by atomic mass is 19.3. The van der Waals surface area contributed by atoms with Gasteiger partial charge in [-0.1, -0.05) is 20.8 Å². The third-order valence-corrected chi connectivity index (χ3v) is 7.13. The molecule has 36 heavy (non-hydrogen) atoms. The molecule has 12 heteroatoms. The molecule has 4 amide bonds. The molecule has 3 fully saturated rings. The van der Waals surface area contributed by atoms with Crippen molar-refractivity contribution in [1.82, 2.24) is 20.9 Å². The van der Waals surface area contributed by atoms with Crippen molar-refractivity contribution in [3.05, 3.63) is 0 Å². The van der Waals surface area contributed by atoms with Crippen molar-refractivity contribution in [2.45, 2.75) is 109 Å². The molecule has 0 aromatic carbocycles. The van der Waals surface area contributed by atoms with Crippen LogP contribution in [0.5, 0.6) is 0 Å². The summed E-state index contributed by atoms with van der Waals surface area (Å²) in [4.78, 5) is 64.8. The van der Waals surface area contributed by atoms with Crippen LogP contribution in [0, 0.1) is 11.3 Å². The predicted molar refractivity (Wildman–Crippen MR) is 124 cm³/mol. The van der Waals surface area contributed by atoms with Crippen LogP contribution in [0.1, 0.15) is 72.6 Å². The number of ketones is 1. The molecule has 3 aliphatic rings. The van der Waals surface area contributed by atoms with E-state index in [9.17, 15) is 37.9 Å². The average molecular weight is 515 g/mol. The molecule has 1 aliphatic heterocycles. The Morgan fingerprint density at radius 2 is 1.64 bits per heavy atom. The number of likely N-dealkylation sites (tertiary alicyclic amines) is 1. The Labute approximate surface area is 208 Å². The van der Waals surface area contributed by atoms with Crippen LogP contribution in [0.2, 0.25) is 0 Å². The number of carboxylic acid groups (broad SMARTS) is 1. The minimum Gasteiger partial charge on any atom is -0.465 e. The quantitative estimate of drug-likeness (QED) is 0.327. The maximum atomic E-state index is 13.6. The third kappa shape index (κ3) is 6.70. The van der Waals surface area contributed by atoms with E-state index in [4.69, 9.17) is 0 Å². The first-order valence-electron chi connectivity index (χ1n) is 12.4. The summed E-state index contributed by atoms with van der Waals surface area (Å²) in [6.07, 6.45) is 0.782. The van der Waals surface area contributed by atoms with Crippen molar-refractivity contribution < 1.29 is 37.9 Å². The van der Waals surface area contributed by atoms with E-state index in [1.807, 2.05) is 0 Å². The number of halogens is 2. The van der Waals surface area contributed by atoms with Gasteiger partial charge in [-0.15, -0.1) is 0 Å². The largest absolute Gasteiger partial charge is 0.465 e. The summed E-state index contributed by atoms with van der Waals surface area (Å²) in [7, 11) is 0. The molecular formula is C24H36F2N4O6. The second-order valence-corrected chi connectivity index (χ2v) is 11.4. The summed E-state index contributed by atoms with van der Waals surface area (Å²) in [5.74, 6) is -6.50. The van der Waals surface area contributed by atoms with Crippen LogP contribution >= 0.6 is 0 Å².